The van der Waals surface area contributed by atoms with Crippen molar-refractivity contribution in [1.82, 2.24) is 9.80 Å². The Morgan fingerprint density at radius 2 is 1.87 bits per heavy atom. The van der Waals surface area contributed by atoms with Crippen molar-refractivity contribution in [2.75, 3.05) is 38.2 Å². The molecule has 8 nitrogen and oxygen atoms in total. The van der Waals surface area contributed by atoms with Crippen LogP contribution in [0, 0.1) is 11.8 Å². The van der Waals surface area contributed by atoms with E-state index in [1.807, 2.05) is 0 Å². The number of fused-ring (bicyclic) bond motifs is 1. The van der Waals surface area contributed by atoms with Gasteiger partial charge in [0.15, 0.2) is 0 Å². The van der Waals surface area contributed by atoms with Crippen LogP contribution in [0.3, 0.4) is 0 Å². The van der Waals surface area contributed by atoms with Crippen molar-refractivity contribution in [2.45, 2.75) is 54.7 Å². The third-order valence-electron chi connectivity index (χ3n) is 8.12. The summed E-state index contributed by atoms with van der Waals surface area (Å²) in [4.78, 5) is 46.9. The molecule has 0 radical (unpaired) electrons. The van der Waals surface area contributed by atoms with E-state index in [2.05, 4.69) is 29.1 Å². The van der Waals surface area contributed by atoms with E-state index in [0.717, 1.165) is 12.8 Å². The summed E-state index contributed by atoms with van der Waals surface area (Å²) in [6.07, 6.45) is 6.17. The summed E-state index contributed by atoms with van der Waals surface area (Å²) in [5.41, 5.74) is -0.616. The maximum Gasteiger partial charge on any atom is 0.253 e. The van der Waals surface area contributed by atoms with Gasteiger partial charge in [-0.3, -0.25) is 14.4 Å². The van der Waals surface area contributed by atoms with E-state index < -0.39 is 29.6 Å². The summed E-state index contributed by atoms with van der Waals surface area (Å²) >= 11 is 10.2. The maximum absolute atomic E-state index is 14.5. The smallest absolute Gasteiger partial charge is 0.253 e. The minimum Gasteiger partial charge on any atom is -0.396 e. The minimum absolute atomic E-state index is 0.118. The van der Waals surface area contributed by atoms with Crippen LogP contribution in [0.5, 0.6) is 0 Å². The van der Waals surface area contributed by atoms with Gasteiger partial charge in [0.1, 0.15) is 11.6 Å². The molecule has 0 aliphatic carbocycles. The van der Waals surface area contributed by atoms with Crippen LogP contribution in [0.4, 0.5) is 5.69 Å². The Balaban J connectivity index is 1.75. The monoisotopic (exact) mass is 621 g/mol. The predicted molar refractivity (Wildman–Crippen MR) is 155 cm³/mol. The zero-order valence-corrected chi connectivity index (χ0v) is 24.6. The zero-order chi connectivity index (χ0) is 28.3. The number of ether oxygens (including phenoxy) is 1. The fourth-order valence-corrected chi connectivity index (χ4v) is 7.65. The Morgan fingerprint density at radius 1 is 1.18 bits per heavy atom. The zero-order valence-electron chi connectivity index (χ0n) is 22.3. The molecular formula is C29H37BrClN3O5. The van der Waals surface area contributed by atoms with E-state index in [4.69, 9.17) is 21.4 Å². The lowest BCUT2D eigenvalue weighted by molar-refractivity contribution is -0.144. The molecule has 2 bridgehead atoms. The lowest BCUT2D eigenvalue weighted by Gasteiger charge is -2.37. The van der Waals surface area contributed by atoms with Gasteiger partial charge in [0.25, 0.3) is 5.91 Å². The molecular weight excluding hydrogens is 586 g/mol. The third kappa shape index (κ3) is 5.31. The Labute approximate surface area is 243 Å². The van der Waals surface area contributed by atoms with Crippen molar-refractivity contribution >= 4 is 50.9 Å². The Kier molecular flexibility index (Phi) is 9.57. The number of carbonyl (C=O) groups excluding carboxylic acids is 3. The molecule has 3 amide bonds. The van der Waals surface area contributed by atoms with Crippen molar-refractivity contribution < 1.29 is 24.2 Å². The van der Waals surface area contributed by atoms with Crippen LogP contribution in [-0.4, -0.2) is 88.5 Å². The fourth-order valence-electron chi connectivity index (χ4n) is 6.47. The number of anilines is 1. The van der Waals surface area contributed by atoms with Gasteiger partial charge < -0.3 is 24.5 Å². The van der Waals surface area contributed by atoms with Crippen molar-refractivity contribution in [3.63, 3.8) is 0 Å². The van der Waals surface area contributed by atoms with Crippen LogP contribution in [0.1, 0.15) is 32.1 Å². The van der Waals surface area contributed by atoms with E-state index >= 15 is 0 Å². The van der Waals surface area contributed by atoms with Gasteiger partial charge in [-0.1, -0.05) is 64.7 Å². The highest BCUT2D eigenvalue weighted by Crippen LogP contribution is 2.60. The SMILES string of the molecule is C=CCN(C)C(=O)[C@H]1[C@H]2C(=O)N(CCCCCCO)C(C(=O)N(CC=C)c3ccccc3Cl)C23CC(Br)[C@@H]1O3. The summed E-state index contributed by atoms with van der Waals surface area (Å²) in [7, 11) is 1.69. The largest absolute Gasteiger partial charge is 0.396 e. The molecule has 6 atom stereocenters. The van der Waals surface area contributed by atoms with Gasteiger partial charge >= 0.3 is 0 Å². The topological polar surface area (TPSA) is 90.4 Å². The van der Waals surface area contributed by atoms with Gasteiger partial charge in [0, 0.05) is 38.1 Å². The van der Waals surface area contributed by atoms with E-state index in [9.17, 15) is 14.4 Å². The van der Waals surface area contributed by atoms with Crippen LogP contribution in [0.25, 0.3) is 0 Å². The van der Waals surface area contributed by atoms with Crippen LogP contribution >= 0.6 is 27.5 Å². The number of nitrogens with zero attached hydrogens (tertiary/aromatic N) is 3. The summed E-state index contributed by atoms with van der Waals surface area (Å²) in [5.74, 6) is -2.18. The van der Waals surface area contributed by atoms with Crippen molar-refractivity contribution in [3.05, 3.63) is 54.6 Å². The van der Waals surface area contributed by atoms with E-state index in [1.165, 1.54) is 0 Å². The van der Waals surface area contributed by atoms with E-state index in [-0.39, 0.29) is 35.7 Å². The molecule has 39 heavy (non-hydrogen) atoms. The normalized spacial score (nSPS) is 28.9. The molecule has 3 unspecified atom stereocenters. The summed E-state index contributed by atoms with van der Waals surface area (Å²) in [5, 5.41) is 9.56. The molecule has 3 saturated heterocycles. The van der Waals surface area contributed by atoms with Crippen LogP contribution in [-0.2, 0) is 19.1 Å². The first-order valence-electron chi connectivity index (χ1n) is 13.5. The first kappa shape index (κ1) is 29.8. The number of likely N-dealkylation sites (N-methyl/N-ethyl adjacent to an activating group) is 1. The molecule has 4 rings (SSSR count). The minimum atomic E-state index is -1.14. The molecule has 0 aromatic heterocycles. The number of hydrogen-bond donors (Lipinski definition) is 1. The van der Waals surface area contributed by atoms with Gasteiger partial charge in [-0.15, -0.1) is 13.2 Å². The lowest BCUT2D eigenvalue weighted by atomic mass is 9.70. The number of rotatable bonds is 13. The van der Waals surface area contributed by atoms with Gasteiger partial charge in [-0.05, 0) is 31.4 Å². The van der Waals surface area contributed by atoms with E-state index in [1.54, 1.807) is 58.2 Å². The van der Waals surface area contributed by atoms with Crippen molar-refractivity contribution in [3.8, 4) is 0 Å². The molecule has 1 N–H and O–H groups in total. The number of unbranched alkanes of at least 4 members (excludes halogenated alkanes) is 3. The number of carbonyl (C=O) groups is 3. The van der Waals surface area contributed by atoms with Crippen molar-refractivity contribution in [2.24, 2.45) is 11.8 Å². The number of benzene rings is 1. The Hall–Kier alpha value is -2.20. The summed E-state index contributed by atoms with van der Waals surface area (Å²) in [6.45, 7) is 8.59. The van der Waals surface area contributed by atoms with Crippen LogP contribution in [0.2, 0.25) is 5.02 Å². The van der Waals surface area contributed by atoms with Crippen LogP contribution in [0.15, 0.2) is 49.6 Å². The Morgan fingerprint density at radius 3 is 2.54 bits per heavy atom. The quantitative estimate of drug-likeness (QED) is 0.205. The number of aliphatic hydroxyl groups excluding tert-OH is 1. The summed E-state index contributed by atoms with van der Waals surface area (Å²) < 4.78 is 6.61. The average molecular weight is 623 g/mol. The first-order chi connectivity index (χ1) is 18.7. The molecule has 3 fully saturated rings. The standard InChI is InChI=1S/C29H37BrClN3O5/c1-4-14-32(3)26(36)22-23-27(37)34(16-10-6-7-11-17-35)25(29(23)18-19(30)24(22)39-29)28(38)33(15-5-2)21-13-9-8-12-20(21)31/h4-5,8-9,12-13,19,22-25,35H,1-2,6-7,10-11,14-18H2,3H3/t19?,22-,23-,24-,25?,29?/m0/s1. The second kappa shape index (κ2) is 12.5. The molecule has 0 saturated carbocycles. The number of alkyl halides is 1. The maximum atomic E-state index is 14.5. The van der Waals surface area contributed by atoms with Crippen LogP contribution < -0.4 is 4.90 Å². The molecule has 1 spiro atoms. The number of para-hydroxylation sites is 1. The fraction of sp³-hybridized carbons (Fsp3) is 0.552. The highest BCUT2D eigenvalue weighted by Gasteiger charge is 2.76. The molecule has 3 aliphatic rings. The number of likely N-dealkylation sites (tertiary alicyclic amines) is 1. The highest BCUT2D eigenvalue weighted by molar-refractivity contribution is 9.09. The third-order valence-corrected chi connectivity index (χ3v) is 9.28. The molecule has 3 heterocycles. The van der Waals surface area contributed by atoms with Crippen molar-refractivity contribution in [1.29, 1.82) is 0 Å². The van der Waals surface area contributed by atoms with Gasteiger partial charge in [-0.25, -0.2) is 0 Å². The molecule has 212 valence electrons. The number of amides is 3. The number of hydrogen-bond acceptors (Lipinski definition) is 5. The second-order valence-corrected chi connectivity index (χ2v) is 12.1. The van der Waals surface area contributed by atoms with Gasteiger partial charge in [0.05, 0.1) is 28.6 Å². The molecule has 3 aliphatic heterocycles. The van der Waals surface area contributed by atoms with Gasteiger partial charge in [0.2, 0.25) is 11.8 Å². The number of halogens is 2. The molecule has 1 aromatic rings. The first-order valence-corrected chi connectivity index (χ1v) is 14.8. The van der Waals surface area contributed by atoms with Gasteiger partial charge in [-0.2, -0.15) is 0 Å². The number of aliphatic hydroxyl groups is 1. The van der Waals surface area contributed by atoms with E-state index in [0.29, 0.717) is 43.1 Å². The lowest BCUT2D eigenvalue weighted by Crippen LogP contribution is -2.57. The summed E-state index contributed by atoms with van der Waals surface area (Å²) in [6, 6.07) is 6.17. The highest BCUT2D eigenvalue weighted by atomic mass is 79.9. The Bertz CT molecular complexity index is 1120. The predicted octanol–water partition coefficient (Wildman–Crippen LogP) is 3.80. The molecule has 10 heteroatoms. The molecule has 1 aromatic carbocycles. The second-order valence-electron chi connectivity index (χ2n) is 10.5. The average Bonchev–Trinajstić information content (AvgIpc) is 3.50.